The first-order valence-corrected chi connectivity index (χ1v) is 5.37. The maximum atomic E-state index is 9.11. The summed E-state index contributed by atoms with van der Waals surface area (Å²) in [5.41, 5.74) is 2.73. The molecule has 4 nitrogen and oxygen atoms in total. The highest BCUT2D eigenvalue weighted by molar-refractivity contribution is 5.62. The summed E-state index contributed by atoms with van der Waals surface area (Å²) in [6.07, 6.45) is 5.56. The van der Waals surface area contributed by atoms with Crippen molar-refractivity contribution in [3.8, 4) is 11.3 Å². The number of fused-ring (bicyclic) bond motifs is 1. The number of hydrogen-bond acceptors (Lipinski definition) is 3. The monoisotopic (exact) mass is 225 g/mol. The quantitative estimate of drug-likeness (QED) is 0.724. The number of hydrogen-bond donors (Lipinski definition) is 1. The van der Waals surface area contributed by atoms with Gasteiger partial charge in [-0.3, -0.25) is 4.40 Å². The van der Waals surface area contributed by atoms with Gasteiger partial charge >= 0.3 is 0 Å². The second-order valence-electron chi connectivity index (χ2n) is 3.81. The molecule has 2 aromatic heterocycles. The Morgan fingerprint density at radius 3 is 3.00 bits per heavy atom. The molecule has 0 atom stereocenters. The van der Waals surface area contributed by atoms with Crippen LogP contribution in [0.2, 0.25) is 0 Å². The molecule has 0 aliphatic rings. The second kappa shape index (κ2) is 3.99. The summed E-state index contributed by atoms with van der Waals surface area (Å²) in [6.45, 7) is 0.0411. The van der Waals surface area contributed by atoms with E-state index in [1.165, 1.54) is 0 Å². The SMILES string of the molecule is OCc1cccc(-c2cn3cccnc3n2)c1. The van der Waals surface area contributed by atoms with E-state index >= 15 is 0 Å². The Morgan fingerprint density at radius 2 is 2.18 bits per heavy atom. The number of nitrogens with zero attached hydrogens (tertiary/aromatic N) is 3. The Balaban J connectivity index is 2.13. The van der Waals surface area contributed by atoms with Crippen molar-refractivity contribution in [2.45, 2.75) is 6.61 Å². The van der Waals surface area contributed by atoms with Crippen molar-refractivity contribution in [1.29, 1.82) is 0 Å². The van der Waals surface area contributed by atoms with Gasteiger partial charge in [-0.2, -0.15) is 0 Å². The summed E-state index contributed by atoms with van der Waals surface area (Å²) < 4.78 is 1.88. The number of aromatic nitrogens is 3. The van der Waals surface area contributed by atoms with Crippen molar-refractivity contribution in [2.75, 3.05) is 0 Å². The third kappa shape index (κ3) is 1.79. The van der Waals surface area contributed by atoms with E-state index in [2.05, 4.69) is 9.97 Å². The number of benzene rings is 1. The largest absolute Gasteiger partial charge is 0.392 e. The second-order valence-corrected chi connectivity index (χ2v) is 3.81. The topological polar surface area (TPSA) is 50.4 Å². The molecular weight excluding hydrogens is 214 g/mol. The highest BCUT2D eigenvalue weighted by Gasteiger charge is 2.04. The molecule has 0 saturated carbocycles. The van der Waals surface area contributed by atoms with E-state index in [1.54, 1.807) is 6.20 Å². The average molecular weight is 225 g/mol. The van der Waals surface area contributed by atoms with Gasteiger partial charge in [-0.25, -0.2) is 9.97 Å². The van der Waals surface area contributed by atoms with E-state index in [4.69, 9.17) is 5.11 Å². The van der Waals surface area contributed by atoms with Gasteiger partial charge in [-0.15, -0.1) is 0 Å². The smallest absolute Gasteiger partial charge is 0.234 e. The normalized spacial score (nSPS) is 10.9. The summed E-state index contributed by atoms with van der Waals surface area (Å²) in [4.78, 5) is 8.60. The van der Waals surface area contributed by atoms with Crippen LogP contribution in [0.15, 0.2) is 48.9 Å². The van der Waals surface area contributed by atoms with Gasteiger partial charge in [-0.05, 0) is 17.7 Å². The van der Waals surface area contributed by atoms with Crippen molar-refractivity contribution in [2.24, 2.45) is 0 Å². The van der Waals surface area contributed by atoms with Crippen LogP contribution in [0.4, 0.5) is 0 Å². The van der Waals surface area contributed by atoms with Crippen molar-refractivity contribution < 1.29 is 5.11 Å². The molecule has 0 bridgehead atoms. The molecule has 1 N–H and O–H groups in total. The fourth-order valence-electron chi connectivity index (χ4n) is 1.80. The molecule has 2 heterocycles. The Bertz CT molecular complexity index is 627. The van der Waals surface area contributed by atoms with Gasteiger partial charge in [-0.1, -0.05) is 18.2 Å². The van der Waals surface area contributed by atoms with Crippen LogP contribution in [0, 0.1) is 0 Å². The standard InChI is InChI=1S/C13H11N3O/c17-9-10-3-1-4-11(7-10)12-8-16-6-2-5-14-13(16)15-12/h1-8,17H,9H2. The van der Waals surface area contributed by atoms with Gasteiger partial charge < -0.3 is 5.11 Å². The third-order valence-corrected chi connectivity index (χ3v) is 2.64. The number of aliphatic hydroxyl groups is 1. The Hall–Kier alpha value is -2.20. The minimum Gasteiger partial charge on any atom is -0.392 e. The van der Waals surface area contributed by atoms with Crippen LogP contribution in [0.3, 0.4) is 0 Å². The van der Waals surface area contributed by atoms with E-state index in [0.717, 1.165) is 16.8 Å². The molecule has 3 aromatic rings. The predicted molar refractivity (Wildman–Crippen MR) is 64.3 cm³/mol. The summed E-state index contributed by atoms with van der Waals surface area (Å²) in [7, 11) is 0. The molecule has 17 heavy (non-hydrogen) atoms. The number of imidazole rings is 1. The molecule has 1 aromatic carbocycles. The van der Waals surface area contributed by atoms with Crippen LogP contribution in [-0.4, -0.2) is 19.5 Å². The lowest BCUT2D eigenvalue weighted by molar-refractivity contribution is 0.282. The number of rotatable bonds is 2. The van der Waals surface area contributed by atoms with Crippen LogP contribution < -0.4 is 0 Å². The van der Waals surface area contributed by atoms with E-state index < -0.39 is 0 Å². The van der Waals surface area contributed by atoms with Gasteiger partial charge in [0.2, 0.25) is 5.78 Å². The molecule has 0 spiro atoms. The zero-order chi connectivity index (χ0) is 11.7. The molecule has 0 fully saturated rings. The fourth-order valence-corrected chi connectivity index (χ4v) is 1.80. The van der Waals surface area contributed by atoms with Gasteiger partial charge in [0.25, 0.3) is 0 Å². The Labute approximate surface area is 98.2 Å². The van der Waals surface area contributed by atoms with Crippen LogP contribution in [0.1, 0.15) is 5.56 Å². The maximum Gasteiger partial charge on any atom is 0.234 e. The minimum atomic E-state index is 0.0411. The number of aliphatic hydroxyl groups excluding tert-OH is 1. The van der Waals surface area contributed by atoms with Crippen LogP contribution in [0.25, 0.3) is 17.0 Å². The third-order valence-electron chi connectivity index (χ3n) is 2.64. The summed E-state index contributed by atoms with van der Waals surface area (Å²) in [6, 6.07) is 9.57. The molecule has 0 aliphatic heterocycles. The highest BCUT2D eigenvalue weighted by atomic mass is 16.3. The van der Waals surface area contributed by atoms with Crippen molar-refractivity contribution in [3.05, 3.63) is 54.5 Å². The summed E-state index contributed by atoms with van der Waals surface area (Å²) in [5.74, 6) is 0.678. The van der Waals surface area contributed by atoms with Gasteiger partial charge in [0.1, 0.15) is 0 Å². The molecular formula is C13H11N3O. The Morgan fingerprint density at radius 1 is 1.24 bits per heavy atom. The van der Waals surface area contributed by atoms with Gasteiger partial charge in [0.15, 0.2) is 0 Å². The first-order chi connectivity index (χ1) is 8.36. The van der Waals surface area contributed by atoms with Gasteiger partial charge in [0.05, 0.1) is 12.3 Å². The molecule has 0 saturated heterocycles. The predicted octanol–water partition coefficient (Wildman–Crippen LogP) is 1.89. The first-order valence-electron chi connectivity index (χ1n) is 5.37. The van der Waals surface area contributed by atoms with Crippen molar-refractivity contribution >= 4 is 5.78 Å². The van der Waals surface area contributed by atoms with Crippen LogP contribution in [-0.2, 0) is 6.61 Å². The lowest BCUT2D eigenvalue weighted by Gasteiger charge is -1.99. The van der Waals surface area contributed by atoms with Gasteiger partial charge in [0, 0.05) is 24.2 Å². The molecule has 3 rings (SSSR count). The lowest BCUT2D eigenvalue weighted by atomic mass is 10.1. The minimum absolute atomic E-state index is 0.0411. The molecule has 4 heteroatoms. The van der Waals surface area contributed by atoms with E-state index in [0.29, 0.717) is 5.78 Å². The van der Waals surface area contributed by atoms with Crippen molar-refractivity contribution in [1.82, 2.24) is 14.4 Å². The zero-order valence-corrected chi connectivity index (χ0v) is 9.11. The molecule has 0 radical (unpaired) electrons. The molecule has 0 unspecified atom stereocenters. The summed E-state index contributed by atoms with van der Waals surface area (Å²) >= 11 is 0. The van der Waals surface area contributed by atoms with E-state index in [-0.39, 0.29) is 6.61 Å². The lowest BCUT2D eigenvalue weighted by Crippen LogP contribution is -1.84. The van der Waals surface area contributed by atoms with Crippen LogP contribution in [0.5, 0.6) is 0 Å². The molecule has 0 amide bonds. The molecule has 0 aliphatic carbocycles. The fraction of sp³-hybridized carbons (Fsp3) is 0.0769. The van der Waals surface area contributed by atoms with Crippen molar-refractivity contribution in [3.63, 3.8) is 0 Å². The van der Waals surface area contributed by atoms with Crippen LogP contribution >= 0.6 is 0 Å². The summed E-state index contributed by atoms with van der Waals surface area (Å²) in [5, 5.41) is 9.11. The average Bonchev–Trinajstić information content (AvgIpc) is 2.82. The first kappa shape index (κ1) is 9.99. The zero-order valence-electron chi connectivity index (χ0n) is 9.11. The Kier molecular flexibility index (Phi) is 2.34. The highest BCUT2D eigenvalue weighted by Crippen LogP contribution is 2.19. The van der Waals surface area contributed by atoms with E-state index in [1.807, 2.05) is 47.1 Å². The maximum absolute atomic E-state index is 9.11. The molecule has 84 valence electrons. The van der Waals surface area contributed by atoms with E-state index in [9.17, 15) is 0 Å².